The van der Waals surface area contributed by atoms with E-state index in [0.29, 0.717) is 10.8 Å². The standard InChI is InChI=1S/C16H12BrClOS/c1-19-13-7-6-11(8-12(13)18)16(17)15-9-10-4-2-3-5-14(10)20-15/h2-9,16H,1H3. The van der Waals surface area contributed by atoms with Gasteiger partial charge in [0.05, 0.1) is 17.0 Å². The second-order valence-electron chi connectivity index (χ2n) is 4.44. The first-order valence-corrected chi connectivity index (χ1v) is 8.26. The van der Waals surface area contributed by atoms with E-state index in [0.717, 1.165) is 5.56 Å². The average molecular weight is 368 g/mol. The van der Waals surface area contributed by atoms with Crippen molar-refractivity contribution >= 4 is 49.0 Å². The Kier molecular flexibility index (Phi) is 4.01. The Morgan fingerprint density at radius 2 is 1.95 bits per heavy atom. The molecule has 4 heteroatoms. The third-order valence-electron chi connectivity index (χ3n) is 3.16. The molecule has 0 aliphatic carbocycles. The highest BCUT2D eigenvalue weighted by molar-refractivity contribution is 9.09. The lowest BCUT2D eigenvalue weighted by molar-refractivity contribution is 0.415. The summed E-state index contributed by atoms with van der Waals surface area (Å²) in [7, 11) is 1.62. The fraction of sp³-hybridized carbons (Fsp3) is 0.125. The van der Waals surface area contributed by atoms with Crippen molar-refractivity contribution in [2.24, 2.45) is 0 Å². The maximum Gasteiger partial charge on any atom is 0.137 e. The summed E-state index contributed by atoms with van der Waals surface area (Å²) in [5, 5.41) is 1.91. The SMILES string of the molecule is COc1ccc(C(Br)c2cc3ccccc3s2)cc1Cl. The molecule has 1 heterocycles. The molecule has 0 saturated carbocycles. The van der Waals surface area contributed by atoms with Crippen LogP contribution in [0.25, 0.3) is 10.1 Å². The number of halogens is 2. The lowest BCUT2D eigenvalue weighted by atomic mass is 10.1. The zero-order chi connectivity index (χ0) is 14.1. The van der Waals surface area contributed by atoms with Crippen LogP contribution in [0.5, 0.6) is 5.75 Å². The van der Waals surface area contributed by atoms with E-state index >= 15 is 0 Å². The van der Waals surface area contributed by atoms with Gasteiger partial charge in [-0.25, -0.2) is 0 Å². The van der Waals surface area contributed by atoms with Crippen LogP contribution in [0.15, 0.2) is 48.5 Å². The third-order valence-corrected chi connectivity index (χ3v) is 5.96. The molecule has 0 fully saturated rings. The predicted octanol–water partition coefficient (Wildman–Crippen LogP) is 6.05. The molecule has 1 nitrogen and oxygen atoms in total. The summed E-state index contributed by atoms with van der Waals surface area (Å²) in [5.41, 5.74) is 1.13. The van der Waals surface area contributed by atoms with Crippen molar-refractivity contribution in [2.45, 2.75) is 4.83 Å². The number of rotatable bonds is 3. The van der Waals surface area contributed by atoms with E-state index in [4.69, 9.17) is 16.3 Å². The predicted molar refractivity (Wildman–Crippen MR) is 90.6 cm³/mol. The minimum Gasteiger partial charge on any atom is -0.495 e. The summed E-state index contributed by atoms with van der Waals surface area (Å²) < 4.78 is 6.49. The molecule has 0 aliphatic heterocycles. The van der Waals surface area contributed by atoms with E-state index in [2.05, 4.69) is 46.3 Å². The van der Waals surface area contributed by atoms with E-state index in [9.17, 15) is 0 Å². The largest absolute Gasteiger partial charge is 0.495 e. The van der Waals surface area contributed by atoms with Gasteiger partial charge in [0.1, 0.15) is 5.75 Å². The van der Waals surface area contributed by atoms with Crippen molar-refractivity contribution in [2.75, 3.05) is 7.11 Å². The fourth-order valence-corrected chi connectivity index (χ4v) is 4.17. The van der Waals surface area contributed by atoms with Crippen LogP contribution in [0.4, 0.5) is 0 Å². The maximum absolute atomic E-state index is 6.20. The van der Waals surface area contributed by atoms with Crippen molar-refractivity contribution < 1.29 is 4.74 Å². The first-order valence-electron chi connectivity index (χ1n) is 6.15. The molecular weight excluding hydrogens is 356 g/mol. The summed E-state index contributed by atoms with van der Waals surface area (Å²) >= 11 is 11.8. The molecule has 3 aromatic rings. The van der Waals surface area contributed by atoms with E-state index in [1.54, 1.807) is 18.4 Å². The van der Waals surface area contributed by atoms with Crippen molar-refractivity contribution in [3.05, 3.63) is 64.0 Å². The first kappa shape index (κ1) is 13.9. The molecule has 1 atom stereocenters. The van der Waals surface area contributed by atoms with Gasteiger partial charge in [0.25, 0.3) is 0 Å². The summed E-state index contributed by atoms with van der Waals surface area (Å²) in [5.74, 6) is 0.700. The Bertz CT molecular complexity index is 720. The third kappa shape index (κ3) is 2.58. The van der Waals surface area contributed by atoms with E-state index in [1.165, 1.54) is 15.0 Å². The molecule has 102 valence electrons. The van der Waals surface area contributed by atoms with Gasteiger partial charge in [-0.15, -0.1) is 11.3 Å². The number of hydrogen-bond donors (Lipinski definition) is 0. The van der Waals surface area contributed by atoms with Crippen LogP contribution in [0.2, 0.25) is 5.02 Å². The first-order chi connectivity index (χ1) is 9.69. The number of alkyl halides is 1. The zero-order valence-corrected chi connectivity index (χ0v) is 13.9. The van der Waals surface area contributed by atoms with Gasteiger partial charge in [-0.1, -0.05) is 51.8 Å². The Hall–Kier alpha value is -1.03. The highest BCUT2D eigenvalue weighted by Crippen LogP contribution is 2.40. The van der Waals surface area contributed by atoms with Crippen molar-refractivity contribution in [1.29, 1.82) is 0 Å². The second kappa shape index (κ2) is 5.76. The molecule has 0 N–H and O–H groups in total. The minimum atomic E-state index is 0.142. The number of fused-ring (bicyclic) bond motifs is 1. The molecule has 0 radical (unpaired) electrons. The minimum absolute atomic E-state index is 0.142. The smallest absolute Gasteiger partial charge is 0.137 e. The Morgan fingerprint density at radius 1 is 1.15 bits per heavy atom. The molecule has 1 aromatic heterocycles. The summed E-state index contributed by atoms with van der Waals surface area (Å²) in [4.78, 5) is 1.41. The van der Waals surface area contributed by atoms with Gasteiger partial charge in [0.2, 0.25) is 0 Å². The van der Waals surface area contributed by atoms with Crippen LogP contribution in [-0.2, 0) is 0 Å². The average Bonchev–Trinajstić information content (AvgIpc) is 2.90. The molecule has 0 bridgehead atoms. The fourth-order valence-electron chi connectivity index (χ4n) is 2.13. The number of ether oxygens (including phenoxy) is 1. The molecule has 3 rings (SSSR count). The molecule has 0 amide bonds. The molecule has 0 saturated heterocycles. The van der Waals surface area contributed by atoms with E-state index in [-0.39, 0.29) is 4.83 Å². The lowest BCUT2D eigenvalue weighted by Gasteiger charge is -2.10. The molecule has 20 heavy (non-hydrogen) atoms. The van der Waals surface area contributed by atoms with Crippen molar-refractivity contribution in [1.82, 2.24) is 0 Å². The highest BCUT2D eigenvalue weighted by atomic mass is 79.9. The molecule has 1 unspecified atom stereocenters. The van der Waals surface area contributed by atoms with E-state index in [1.807, 2.05) is 18.2 Å². The van der Waals surface area contributed by atoms with Gasteiger partial charge in [0.15, 0.2) is 0 Å². The van der Waals surface area contributed by atoms with E-state index < -0.39 is 0 Å². The molecule has 0 aliphatic rings. The number of benzene rings is 2. The van der Waals surface area contributed by atoms with Crippen molar-refractivity contribution in [3.63, 3.8) is 0 Å². The topological polar surface area (TPSA) is 9.23 Å². The van der Waals surface area contributed by atoms with Gasteiger partial charge in [-0.2, -0.15) is 0 Å². The van der Waals surface area contributed by atoms with Gasteiger partial charge in [-0.3, -0.25) is 0 Å². The van der Waals surface area contributed by atoms with Crippen LogP contribution in [0.3, 0.4) is 0 Å². The van der Waals surface area contributed by atoms with Crippen LogP contribution in [-0.4, -0.2) is 7.11 Å². The Labute approximate surface area is 135 Å². The lowest BCUT2D eigenvalue weighted by Crippen LogP contribution is -1.91. The monoisotopic (exact) mass is 366 g/mol. The van der Waals surface area contributed by atoms with Crippen LogP contribution in [0.1, 0.15) is 15.3 Å². The number of thiophene rings is 1. The summed E-state index contributed by atoms with van der Waals surface area (Å²) in [6.45, 7) is 0. The Balaban J connectivity index is 1.99. The number of methoxy groups -OCH3 is 1. The van der Waals surface area contributed by atoms with Crippen LogP contribution in [0, 0.1) is 0 Å². The molecular formula is C16H12BrClOS. The van der Waals surface area contributed by atoms with Gasteiger partial charge in [-0.05, 0) is 35.2 Å². The van der Waals surface area contributed by atoms with Crippen LogP contribution < -0.4 is 4.74 Å². The Morgan fingerprint density at radius 3 is 2.65 bits per heavy atom. The van der Waals surface area contributed by atoms with Crippen LogP contribution >= 0.6 is 38.9 Å². The summed E-state index contributed by atoms with van der Waals surface area (Å²) in [6, 6.07) is 16.5. The second-order valence-corrected chi connectivity index (χ2v) is 6.88. The van der Waals surface area contributed by atoms with Crippen molar-refractivity contribution in [3.8, 4) is 5.75 Å². The quantitative estimate of drug-likeness (QED) is 0.512. The van der Waals surface area contributed by atoms with Gasteiger partial charge >= 0.3 is 0 Å². The maximum atomic E-state index is 6.20. The number of hydrogen-bond acceptors (Lipinski definition) is 2. The highest BCUT2D eigenvalue weighted by Gasteiger charge is 2.15. The molecule has 0 spiro atoms. The zero-order valence-electron chi connectivity index (χ0n) is 10.8. The normalized spacial score (nSPS) is 12.6. The summed E-state index contributed by atoms with van der Waals surface area (Å²) in [6.07, 6.45) is 0. The molecule has 2 aromatic carbocycles. The van der Waals surface area contributed by atoms with Gasteiger partial charge < -0.3 is 4.74 Å². The van der Waals surface area contributed by atoms with Gasteiger partial charge in [0, 0.05) is 9.58 Å².